The van der Waals surface area contributed by atoms with E-state index in [0.717, 1.165) is 0 Å². The van der Waals surface area contributed by atoms with Crippen LogP contribution in [0.15, 0.2) is 59.6 Å². The largest absolute Gasteiger partial charge is 0.393 e. The number of aromatic nitrogens is 3. The average Bonchev–Trinajstić information content (AvgIpc) is 2.72. The zero-order valence-corrected chi connectivity index (χ0v) is 15.9. The van der Waals surface area contributed by atoms with Crippen LogP contribution in [0.5, 0.6) is 0 Å². The molecule has 2 amide bonds. The van der Waals surface area contributed by atoms with Crippen LogP contribution in [0.2, 0.25) is 0 Å². The molecule has 0 radical (unpaired) electrons. The molecule has 142 valence electrons. The lowest BCUT2D eigenvalue weighted by atomic mass is 10.2. The van der Waals surface area contributed by atoms with E-state index in [1.807, 2.05) is 0 Å². The molecule has 0 aliphatic carbocycles. The molecule has 2 aromatic heterocycles. The average molecular weight is 443 g/mol. The smallest absolute Gasteiger partial charge is 0.270 e. The molecule has 3 rings (SSSR count). The number of amides is 2. The van der Waals surface area contributed by atoms with Crippen LogP contribution in [-0.2, 0) is 0 Å². The Hall–Kier alpha value is -3.73. The van der Waals surface area contributed by atoms with Gasteiger partial charge in [-0.2, -0.15) is 0 Å². The summed E-state index contributed by atoms with van der Waals surface area (Å²) in [7, 11) is 0. The fourth-order valence-electron chi connectivity index (χ4n) is 2.11. The van der Waals surface area contributed by atoms with Crippen molar-refractivity contribution in [2.24, 2.45) is 0 Å². The highest BCUT2D eigenvalue weighted by Gasteiger charge is 2.13. The highest BCUT2D eigenvalue weighted by molar-refractivity contribution is 9.10. The van der Waals surface area contributed by atoms with E-state index in [0.29, 0.717) is 15.6 Å². The van der Waals surface area contributed by atoms with Crippen LogP contribution in [0.4, 0.5) is 17.3 Å². The molecule has 1 aromatic carbocycles. The molecular formula is C17H15BrN8O2. The first-order valence-corrected chi connectivity index (χ1v) is 8.73. The number of nitrogens with two attached hydrogens (primary N) is 1. The summed E-state index contributed by atoms with van der Waals surface area (Å²) in [6.07, 6.45) is 4.23. The van der Waals surface area contributed by atoms with Gasteiger partial charge in [-0.25, -0.2) is 9.97 Å². The van der Waals surface area contributed by atoms with Gasteiger partial charge in [-0.05, 0) is 40.2 Å². The van der Waals surface area contributed by atoms with Gasteiger partial charge in [0, 0.05) is 22.4 Å². The molecule has 0 aliphatic rings. The maximum atomic E-state index is 12.2. The number of carbonyl (C=O) groups is 2. The molecule has 0 saturated carbocycles. The van der Waals surface area contributed by atoms with Crippen LogP contribution >= 0.6 is 15.9 Å². The quantitative estimate of drug-likeness (QED) is 0.362. The number of anilines is 3. The summed E-state index contributed by atoms with van der Waals surface area (Å²) in [5, 5.41) is 0. The third-order valence-corrected chi connectivity index (χ3v) is 4.23. The van der Waals surface area contributed by atoms with E-state index in [-0.39, 0.29) is 23.2 Å². The summed E-state index contributed by atoms with van der Waals surface area (Å²) in [6.45, 7) is 0. The summed E-state index contributed by atoms with van der Waals surface area (Å²) in [6, 6.07) is 10.1. The first-order valence-electron chi connectivity index (χ1n) is 7.94. The van der Waals surface area contributed by atoms with Crippen LogP contribution in [0.25, 0.3) is 0 Å². The standard InChI is InChI=1S/C17H15BrN8O2/c18-12-4-2-1-3-11(12)17(28)26-24-15-13(19)14(21-9-22-15)23-25-16(27)10-5-7-20-8-6-10/h1-9H,19H2,(H,25,27)(H,26,28)(H2,21,22,23,24). The van der Waals surface area contributed by atoms with Crippen LogP contribution < -0.4 is 27.4 Å². The summed E-state index contributed by atoms with van der Waals surface area (Å²) >= 11 is 3.31. The minimum atomic E-state index is -0.392. The lowest BCUT2D eigenvalue weighted by Crippen LogP contribution is -2.32. The summed E-state index contributed by atoms with van der Waals surface area (Å²) < 4.78 is 0.645. The SMILES string of the molecule is Nc1c(NNC(=O)c2ccncc2)ncnc1NNC(=O)c1ccccc1Br. The van der Waals surface area contributed by atoms with Crippen molar-refractivity contribution in [3.8, 4) is 0 Å². The van der Waals surface area contributed by atoms with E-state index in [1.54, 1.807) is 36.4 Å². The Morgan fingerprint density at radius 1 is 0.893 bits per heavy atom. The summed E-state index contributed by atoms with van der Waals surface area (Å²) in [5.74, 6) is -0.450. The molecule has 0 atom stereocenters. The number of hydrogen-bond acceptors (Lipinski definition) is 8. The van der Waals surface area contributed by atoms with Crippen molar-refractivity contribution in [3.63, 3.8) is 0 Å². The lowest BCUT2D eigenvalue weighted by molar-refractivity contribution is 0.0954. The summed E-state index contributed by atoms with van der Waals surface area (Å²) in [5.41, 5.74) is 17.2. The number of nitrogens with one attached hydrogen (secondary N) is 4. The third kappa shape index (κ3) is 4.51. The molecule has 0 saturated heterocycles. The van der Waals surface area contributed by atoms with Crippen molar-refractivity contribution in [1.82, 2.24) is 25.8 Å². The lowest BCUT2D eigenvalue weighted by Gasteiger charge is -2.14. The molecule has 28 heavy (non-hydrogen) atoms. The highest BCUT2D eigenvalue weighted by atomic mass is 79.9. The number of carbonyl (C=O) groups excluding carboxylic acids is 2. The maximum absolute atomic E-state index is 12.2. The van der Waals surface area contributed by atoms with Crippen molar-refractivity contribution in [3.05, 3.63) is 70.7 Å². The predicted molar refractivity (Wildman–Crippen MR) is 107 cm³/mol. The maximum Gasteiger partial charge on any atom is 0.270 e. The molecule has 11 heteroatoms. The second-order valence-corrected chi connectivity index (χ2v) is 6.21. The van der Waals surface area contributed by atoms with Crippen LogP contribution in [0.1, 0.15) is 20.7 Å². The molecule has 6 N–H and O–H groups in total. The number of pyridine rings is 1. The zero-order chi connectivity index (χ0) is 19.9. The number of hydrogen-bond donors (Lipinski definition) is 5. The van der Waals surface area contributed by atoms with Gasteiger partial charge in [0.05, 0.1) is 5.56 Å². The fraction of sp³-hybridized carbons (Fsp3) is 0. The monoisotopic (exact) mass is 442 g/mol. The van der Waals surface area contributed by atoms with Gasteiger partial charge in [-0.1, -0.05) is 12.1 Å². The normalized spacial score (nSPS) is 10.0. The van der Waals surface area contributed by atoms with E-state index in [1.165, 1.54) is 18.7 Å². The molecule has 0 bridgehead atoms. The van der Waals surface area contributed by atoms with Gasteiger partial charge < -0.3 is 5.73 Å². The van der Waals surface area contributed by atoms with Gasteiger partial charge >= 0.3 is 0 Å². The third-order valence-electron chi connectivity index (χ3n) is 3.53. The first kappa shape index (κ1) is 19.0. The van der Waals surface area contributed by atoms with Gasteiger partial charge in [0.1, 0.15) is 12.0 Å². The zero-order valence-electron chi connectivity index (χ0n) is 14.3. The molecule has 3 aromatic rings. The van der Waals surface area contributed by atoms with Gasteiger partial charge in [-0.15, -0.1) is 0 Å². The topological polar surface area (TPSA) is 147 Å². The fourth-order valence-corrected chi connectivity index (χ4v) is 2.58. The molecular weight excluding hydrogens is 428 g/mol. The number of hydrazine groups is 2. The van der Waals surface area contributed by atoms with Gasteiger partial charge in [0.25, 0.3) is 11.8 Å². The number of rotatable bonds is 6. The number of benzene rings is 1. The molecule has 2 heterocycles. The van der Waals surface area contributed by atoms with Crippen molar-refractivity contribution in [2.75, 3.05) is 16.6 Å². The molecule has 0 unspecified atom stereocenters. The number of halogens is 1. The highest BCUT2D eigenvalue weighted by Crippen LogP contribution is 2.21. The van der Waals surface area contributed by atoms with Gasteiger partial charge in [-0.3, -0.25) is 36.3 Å². The molecule has 10 nitrogen and oxygen atoms in total. The Morgan fingerprint density at radius 2 is 1.50 bits per heavy atom. The Balaban J connectivity index is 1.63. The predicted octanol–water partition coefficient (Wildman–Crippen LogP) is 1.73. The second-order valence-electron chi connectivity index (χ2n) is 5.36. The molecule has 0 aliphatic heterocycles. The Labute approximate surface area is 168 Å². The number of nitrogen functional groups attached to an aromatic ring is 1. The van der Waals surface area contributed by atoms with Crippen LogP contribution in [0, 0.1) is 0 Å². The second kappa shape index (κ2) is 8.77. The van der Waals surface area contributed by atoms with Crippen molar-refractivity contribution in [1.29, 1.82) is 0 Å². The van der Waals surface area contributed by atoms with E-state index in [9.17, 15) is 9.59 Å². The molecule has 0 spiro atoms. The Kier molecular flexibility index (Phi) is 5.97. The minimum absolute atomic E-state index is 0.102. The Bertz CT molecular complexity index is 999. The number of nitrogens with zero attached hydrogens (tertiary/aromatic N) is 3. The minimum Gasteiger partial charge on any atom is -0.393 e. The van der Waals surface area contributed by atoms with Crippen molar-refractivity contribution in [2.45, 2.75) is 0 Å². The van der Waals surface area contributed by atoms with E-state index < -0.39 is 5.91 Å². The van der Waals surface area contributed by atoms with E-state index >= 15 is 0 Å². The van der Waals surface area contributed by atoms with Crippen LogP contribution in [-0.4, -0.2) is 26.8 Å². The summed E-state index contributed by atoms with van der Waals surface area (Å²) in [4.78, 5) is 36.1. The van der Waals surface area contributed by atoms with Crippen molar-refractivity contribution < 1.29 is 9.59 Å². The first-order chi connectivity index (χ1) is 13.6. The van der Waals surface area contributed by atoms with E-state index in [2.05, 4.69) is 52.6 Å². The Morgan fingerprint density at radius 3 is 2.14 bits per heavy atom. The van der Waals surface area contributed by atoms with Gasteiger partial charge in [0.15, 0.2) is 11.6 Å². The molecule has 0 fully saturated rings. The van der Waals surface area contributed by atoms with E-state index in [4.69, 9.17) is 5.73 Å². The van der Waals surface area contributed by atoms with Gasteiger partial charge in [0.2, 0.25) is 0 Å². The van der Waals surface area contributed by atoms with Crippen molar-refractivity contribution >= 4 is 45.1 Å². The van der Waals surface area contributed by atoms with Crippen LogP contribution in [0.3, 0.4) is 0 Å².